The van der Waals surface area contributed by atoms with Crippen molar-refractivity contribution in [1.82, 2.24) is 0 Å². The number of carbonyl (C=O) groups excluding carboxylic acids is 1. The lowest BCUT2D eigenvalue weighted by molar-refractivity contribution is -0.138. The number of aliphatic carboxylic acids is 1. The summed E-state index contributed by atoms with van der Waals surface area (Å²) in [5.74, 6) is -1.75. The second-order valence-corrected chi connectivity index (χ2v) is 5.46. The Labute approximate surface area is 122 Å². The number of hydrogen-bond donors (Lipinski definition) is 2. The van der Waals surface area contributed by atoms with Gasteiger partial charge >= 0.3 is 5.97 Å². The Morgan fingerprint density at radius 2 is 2.10 bits per heavy atom. The molecule has 6 heteroatoms. The Morgan fingerprint density at radius 1 is 1.33 bits per heavy atom. The first-order valence-corrected chi connectivity index (χ1v) is 7.10. The van der Waals surface area contributed by atoms with E-state index < -0.39 is 18.0 Å². The fourth-order valence-corrected chi connectivity index (χ4v) is 3.06. The Morgan fingerprint density at radius 3 is 2.76 bits per heavy atom. The van der Waals surface area contributed by atoms with Crippen molar-refractivity contribution in [2.45, 2.75) is 31.0 Å². The molecule has 3 unspecified atom stereocenters. The number of hydrogen-bond acceptors (Lipinski definition) is 4. The lowest BCUT2D eigenvalue weighted by Crippen LogP contribution is -2.39. The quantitative estimate of drug-likeness (QED) is 0.855. The molecular weight excluding hydrogens is 272 g/mol. The minimum atomic E-state index is -0.912. The highest BCUT2D eigenvalue weighted by Gasteiger charge is 2.40. The van der Waals surface area contributed by atoms with Gasteiger partial charge in [0.1, 0.15) is 12.0 Å². The smallest absolute Gasteiger partial charge is 0.312 e. The highest BCUT2D eigenvalue weighted by Crippen LogP contribution is 2.37. The molecule has 1 aromatic rings. The molecule has 0 spiro atoms. The van der Waals surface area contributed by atoms with Crippen molar-refractivity contribution in [3.63, 3.8) is 0 Å². The van der Waals surface area contributed by atoms with Crippen LogP contribution >= 0.6 is 0 Å². The molecule has 3 N–H and O–H groups in total. The molecule has 1 amide bonds. The summed E-state index contributed by atoms with van der Waals surface area (Å²) in [5.41, 5.74) is 6.92. The summed E-state index contributed by atoms with van der Waals surface area (Å²) >= 11 is 0. The van der Waals surface area contributed by atoms with Crippen molar-refractivity contribution in [2.24, 2.45) is 5.73 Å². The summed E-state index contributed by atoms with van der Waals surface area (Å²) in [4.78, 5) is 25.5. The van der Waals surface area contributed by atoms with Crippen LogP contribution in [0.15, 0.2) is 24.3 Å². The van der Waals surface area contributed by atoms with E-state index in [0.717, 1.165) is 6.42 Å². The van der Waals surface area contributed by atoms with Crippen molar-refractivity contribution in [2.75, 3.05) is 18.0 Å². The number of carboxylic acids is 1. The molecule has 0 aliphatic carbocycles. The van der Waals surface area contributed by atoms with E-state index in [1.165, 1.54) is 4.90 Å². The SMILES string of the molecule is NCC1CCC(C(=O)N2CC(C(=O)O)c3ccccc32)O1. The van der Waals surface area contributed by atoms with Crippen LogP contribution in [-0.4, -0.2) is 42.3 Å². The fourth-order valence-electron chi connectivity index (χ4n) is 3.06. The van der Waals surface area contributed by atoms with Gasteiger partial charge in [0.2, 0.25) is 0 Å². The predicted octanol–water partition coefficient (Wildman–Crippen LogP) is 0.708. The number of fused-ring (bicyclic) bond motifs is 1. The topological polar surface area (TPSA) is 92.9 Å². The fraction of sp³-hybridized carbons (Fsp3) is 0.467. The van der Waals surface area contributed by atoms with Crippen molar-refractivity contribution in [3.05, 3.63) is 29.8 Å². The normalized spacial score (nSPS) is 27.7. The van der Waals surface area contributed by atoms with Gasteiger partial charge in [0.15, 0.2) is 0 Å². The molecule has 0 bridgehead atoms. The third kappa shape index (κ3) is 2.41. The lowest BCUT2D eigenvalue weighted by atomic mass is 10.0. The summed E-state index contributed by atoms with van der Waals surface area (Å²) < 4.78 is 5.63. The summed E-state index contributed by atoms with van der Waals surface area (Å²) in [7, 11) is 0. The Bertz CT molecular complexity index is 575. The maximum Gasteiger partial charge on any atom is 0.312 e. The molecule has 3 atom stereocenters. The Kier molecular flexibility index (Phi) is 3.65. The zero-order chi connectivity index (χ0) is 15.0. The highest BCUT2D eigenvalue weighted by molar-refractivity contribution is 6.01. The van der Waals surface area contributed by atoms with Gasteiger partial charge in [-0.25, -0.2) is 0 Å². The highest BCUT2D eigenvalue weighted by atomic mass is 16.5. The van der Waals surface area contributed by atoms with Crippen LogP contribution in [-0.2, 0) is 14.3 Å². The number of benzene rings is 1. The van der Waals surface area contributed by atoms with Crippen LogP contribution in [0.3, 0.4) is 0 Å². The van der Waals surface area contributed by atoms with E-state index in [1.807, 2.05) is 6.07 Å². The third-order valence-electron chi connectivity index (χ3n) is 4.18. The second-order valence-electron chi connectivity index (χ2n) is 5.46. The molecule has 0 saturated carbocycles. The molecule has 0 aromatic heterocycles. The number of rotatable bonds is 3. The number of carbonyl (C=O) groups is 2. The number of anilines is 1. The van der Waals surface area contributed by atoms with Crippen molar-refractivity contribution in [1.29, 1.82) is 0 Å². The lowest BCUT2D eigenvalue weighted by Gasteiger charge is -2.21. The van der Waals surface area contributed by atoms with Crippen LogP contribution in [0.4, 0.5) is 5.69 Å². The number of amides is 1. The van der Waals surface area contributed by atoms with Crippen LogP contribution < -0.4 is 10.6 Å². The van der Waals surface area contributed by atoms with Gasteiger partial charge in [-0.3, -0.25) is 9.59 Å². The third-order valence-corrected chi connectivity index (χ3v) is 4.18. The summed E-state index contributed by atoms with van der Waals surface area (Å²) in [6, 6.07) is 7.14. The maximum absolute atomic E-state index is 12.6. The molecule has 21 heavy (non-hydrogen) atoms. The average Bonchev–Trinajstić information content (AvgIpc) is 3.11. The molecule has 1 saturated heterocycles. The van der Waals surface area contributed by atoms with Gasteiger partial charge in [-0.2, -0.15) is 0 Å². The van der Waals surface area contributed by atoms with Crippen LogP contribution in [0.5, 0.6) is 0 Å². The van der Waals surface area contributed by atoms with Gasteiger partial charge in [-0.15, -0.1) is 0 Å². The molecule has 2 aliphatic rings. The van der Waals surface area contributed by atoms with E-state index in [9.17, 15) is 14.7 Å². The number of nitrogens with zero attached hydrogens (tertiary/aromatic N) is 1. The van der Waals surface area contributed by atoms with Crippen molar-refractivity contribution in [3.8, 4) is 0 Å². The van der Waals surface area contributed by atoms with Crippen LogP contribution in [0.25, 0.3) is 0 Å². The second kappa shape index (κ2) is 5.46. The summed E-state index contributed by atoms with van der Waals surface area (Å²) in [6.45, 7) is 0.568. The Balaban J connectivity index is 1.84. The van der Waals surface area contributed by atoms with Gasteiger partial charge < -0.3 is 20.5 Å². The maximum atomic E-state index is 12.6. The minimum absolute atomic E-state index is 0.0768. The van der Waals surface area contributed by atoms with E-state index >= 15 is 0 Å². The van der Waals surface area contributed by atoms with Crippen molar-refractivity contribution >= 4 is 17.6 Å². The molecule has 1 aromatic carbocycles. The molecule has 6 nitrogen and oxygen atoms in total. The van der Waals surface area contributed by atoms with Crippen LogP contribution in [0.1, 0.15) is 24.3 Å². The number of para-hydroxylation sites is 1. The van der Waals surface area contributed by atoms with E-state index in [0.29, 0.717) is 24.2 Å². The van der Waals surface area contributed by atoms with E-state index in [4.69, 9.17) is 10.5 Å². The Hall–Kier alpha value is -1.92. The number of ether oxygens (including phenoxy) is 1. The van der Waals surface area contributed by atoms with E-state index in [1.54, 1.807) is 18.2 Å². The van der Waals surface area contributed by atoms with Crippen LogP contribution in [0, 0.1) is 0 Å². The first-order valence-electron chi connectivity index (χ1n) is 7.10. The number of carboxylic acid groups (broad SMARTS) is 1. The molecule has 112 valence electrons. The zero-order valence-electron chi connectivity index (χ0n) is 11.6. The van der Waals surface area contributed by atoms with E-state index in [-0.39, 0.29) is 18.6 Å². The minimum Gasteiger partial charge on any atom is -0.481 e. The largest absolute Gasteiger partial charge is 0.481 e. The van der Waals surface area contributed by atoms with Crippen LogP contribution in [0.2, 0.25) is 0 Å². The molecule has 1 fully saturated rings. The summed E-state index contributed by atoms with van der Waals surface area (Å²) in [6.07, 6.45) is 0.813. The molecular formula is C15H18N2O4. The van der Waals surface area contributed by atoms with Gasteiger partial charge in [0.05, 0.1) is 6.10 Å². The van der Waals surface area contributed by atoms with E-state index in [2.05, 4.69) is 0 Å². The molecule has 2 aliphatic heterocycles. The number of nitrogens with two attached hydrogens (primary N) is 1. The molecule has 3 rings (SSSR count). The predicted molar refractivity (Wildman–Crippen MR) is 76.1 cm³/mol. The van der Waals surface area contributed by atoms with Crippen molar-refractivity contribution < 1.29 is 19.4 Å². The van der Waals surface area contributed by atoms with Gasteiger partial charge in [0, 0.05) is 18.8 Å². The van der Waals surface area contributed by atoms with Gasteiger partial charge in [0.25, 0.3) is 5.91 Å². The zero-order valence-corrected chi connectivity index (χ0v) is 11.6. The first kappa shape index (κ1) is 14.0. The molecule has 0 radical (unpaired) electrons. The monoisotopic (exact) mass is 290 g/mol. The summed E-state index contributed by atoms with van der Waals surface area (Å²) in [5, 5.41) is 9.32. The molecule has 2 heterocycles. The average molecular weight is 290 g/mol. The first-order chi connectivity index (χ1) is 10.1. The standard InChI is InChI=1S/C15H18N2O4/c16-7-9-5-6-13(21-9)14(18)17-8-11(15(19)20)10-3-1-2-4-12(10)17/h1-4,9,11,13H,5-8,16H2,(H,19,20). The van der Waals surface area contributed by atoms with Gasteiger partial charge in [-0.05, 0) is 24.5 Å². The van der Waals surface area contributed by atoms with Gasteiger partial charge in [-0.1, -0.05) is 18.2 Å².